The van der Waals surface area contributed by atoms with Gasteiger partial charge in [0.1, 0.15) is 11.4 Å². The summed E-state index contributed by atoms with van der Waals surface area (Å²) in [6, 6.07) is 16.2. The van der Waals surface area contributed by atoms with Crippen LogP contribution in [0.25, 0.3) is 27.2 Å². The van der Waals surface area contributed by atoms with Gasteiger partial charge in [0.25, 0.3) is 0 Å². The van der Waals surface area contributed by atoms with Crippen LogP contribution in [0.3, 0.4) is 0 Å². The summed E-state index contributed by atoms with van der Waals surface area (Å²) in [6.45, 7) is 4.39. The van der Waals surface area contributed by atoms with Crippen molar-refractivity contribution in [2.24, 2.45) is 12.1 Å². The number of fused-ring (bicyclic) bond motifs is 4. The SMILES string of the molecule is CN/C1=C\C(=N)CSC/C=N/N(C)/C(C)=C(\C)c2c(Cl)ccc3c(c(C(=O)O)n(C)c23)CCCOc2cc(cc3ccccc23)SC1. The number of halogens is 1. The zero-order valence-corrected chi connectivity index (χ0v) is 29.7. The van der Waals surface area contributed by atoms with Crippen molar-refractivity contribution in [3.8, 4) is 5.75 Å². The molecule has 0 radical (unpaired) electrons. The molecular formula is C36H40ClN5O3S2. The summed E-state index contributed by atoms with van der Waals surface area (Å²) >= 11 is 10.1. The fraction of sp³-hybridized carbons (Fsp3) is 0.306. The highest BCUT2D eigenvalue weighted by Gasteiger charge is 2.24. The van der Waals surface area contributed by atoms with E-state index in [9.17, 15) is 9.90 Å². The van der Waals surface area contributed by atoms with E-state index in [2.05, 4.69) is 34.7 Å². The molecule has 3 N–H and O–H groups in total. The van der Waals surface area contributed by atoms with Crippen LogP contribution >= 0.6 is 35.1 Å². The molecule has 0 atom stereocenters. The predicted octanol–water partition coefficient (Wildman–Crippen LogP) is 8.33. The largest absolute Gasteiger partial charge is 0.493 e. The molecule has 1 aliphatic rings. The van der Waals surface area contributed by atoms with Crippen LogP contribution in [0, 0.1) is 5.41 Å². The summed E-state index contributed by atoms with van der Waals surface area (Å²) in [4.78, 5) is 13.7. The van der Waals surface area contributed by atoms with Crippen molar-refractivity contribution in [3.63, 3.8) is 0 Å². The number of carbonyl (C=O) groups is 1. The van der Waals surface area contributed by atoms with E-state index in [0.29, 0.717) is 47.4 Å². The van der Waals surface area contributed by atoms with Crippen molar-refractivity contribution >= 4 is 80.3 Å². The minimum atomic E-state index is -0.976. The molecule has 1 aromatic heterocycles. The van der Waals surface area contributed by atoms with Gasteiger partial charge in [0.2, 0.25) is 0 Å². The molecule has 11 heteroatoms. The number of aromatic carboxylic acids is 1. The number of aromatic nitrogens is 1. The average Bonchev–Trinajstić information content (AvgIpc) is 3.34. The average molecular weight is 690 g/mol. The first-order valence-electron chi connectivity index (χ1n) is 15.4. The Labute approximate surface area is 289 Å². The van der Waals surface area contributed by atoms with Crippen molar-refractivity contribution in [1.82, 2.24) is 14.9 Å². The van der Waals surface area contributed by atoms with Crippen LogP contribution in [-0.4, -0.2) is 70.5 Å². The van der Waals surface area contributed by atoms with E-state index in [-0.39, 0.29) is 5.69 Å². The summed E-state index contributed by atoms with van der Waals surface area (Å²) in [5.41, 5.74) is 5.92. The molecule has 1 aliphatic heterocycles. The predicted molar refractivity (Wildman–Crippen MR) is 200 cm³/mol. The second-order valence-corrected chi connectivity index (χ2v) is 13.9. The van der Waals surface area contributed by atoms with E-state index < -0.39 is 5.97 Å². The smallest absolute Gasteiger partial charge is 0.352 e. The van der Waals surface area contributed by atoms with Gasteiger partial charge in [0.15, 0.2) is 0 Å². The lowest BCUT2D eigenvalue weighted by Gasteiger charge is -2.19. The first kappa shape index (κ1) is 34.5. The summed E-state index contributed by atoms with van der Waals surface area (Å²) in [6.07, 6.45) is 4.90. The van der Waals surface area contributed by atoms with Crippen LogP contribution in [0.15, 0.2) is 76.0 Å². The molecule has 246 valence electrons. The quantitative estimate of drug-likeness (QED) is 0.195. The fourth-order valence-electron chi connectivity index (χ4n) is 5.85. The van der Waals surface area contributed by atoms with E-state index in [1.54, 1.807) is 35.1 Å². The number of ether oxygens (including phenoxy) is 1. The number of nitrogens with zero attached hydrogens (tertiary/aromatic N) is 3. The first-order chi connectivity index (χ1) is 22.6. The van der Waals surface area contributed by atoms with Gasteiger partial charge in [-0.3, -0.25) is 5.01 Å². The van der Waals surface area contributed by atoms with Crippen molar-refractivity contribution < 1.29 is 14.6 Å². The zero-order chi connectivity index (χ0) is 33.7. The molecule has 2 heterocycles. The Hall–Kier alpha value is -3.86. The molecule has 0 saturated heterocycles. The molecule has 0 amide bonds. The van der Waals surface area contributed by atoms with Crippen molar-refractivity contribution in [3.05, 3.63) is 87.8 Å². The van der Waals surface area contributed by atoms with Crippen LogP contribution in [0.5, 0.6) is 5.75 Å². The number of nitrogens with one attached hydrogen (secondary N) is 2. The molecule has 6 bridgehead atoms. The van der Waals surface area contributed by atoms with Crippen molar-refractivity contribution in [2.45, 2.75) is 31.6 Å². The topological polar surface area (TPSA) is 103 Å². The molecule has 4 aromatic rings. The van der Waals surface area contributed by atoms with Crippen molar-refractivity contribution in [2.75, 3.05) is 38.0 Å². The maximum absolute atomic E-state index is 12.6. The van der Waals surface area contributed by atoms with E-state index in [0.717, 1.165) is 60.4 Å². The number of benzene rings is 3. The minimum absolute atomic E-state index is 0.255. The lowest BCUT2D eigenvalue weighted by Crippen LogP contribution is -2.12. The summed E-state index contributed by atoms with van der Waals surface area (Å²) in [5, 5.41) is 32.1. The third-order valence-corrected chi connectivity index (χ3v) is 10.6. The third-order valence-electron chi connectivity index (χ3n) is 8.41. The van der Waals surface area contributed by atoms with Crippen LogP contribution < -0.4 is 10.1 Å². The standard InChI is InChI=1S/C36H40ClN5O3S2/c1-22-23(2)42(5)40-14-16-46-20-25(38)18-26(39-3)21-47-27-17-24-9-6-7-10-28(24)32(19-27)45-15-8-11-29-30-12-13-31(37)33(22)34(30)41(4)35(29)36(43)44/h6-7,9-10,12-14,17-19,38-39H,8,11,15-16,20-21H2,1-5H3,(H,43,44)/b23-22+,26-18-,38-25?,40-14+. The Kier molecular flexibility index (Phi) is 11.3. The lowest BCUT2D eigenvalue weighted by molar-refractivity contribution is 0.0685. The molecular weight excluding hydrogens is 650 g/mol. The number of hydrogen-bond donors (Lipinski definition) is 3. The highest BCUT2D eigenvalue weighted by molar-refractivity contribution is 8.00. The monoisotopic (exact) mass is 689 g/mol. The molecule has 47 heavy (non-hydrogen) atoms. The number of carboxylic acid groups (broad SMARTS) is 1. The number of aryl methyl sites for hydroxylation is 2. The Morgan fingerprint density at radius 3 is 2.66 bits per heavy atom. The van der Waals surface area contributed by atoms with Crippen LogP contribution in [0.4, 0.5) is 0 Å². The van der Waals surface area contributed by atoms with E-state index in [4.69, 9.17) is 21.7 Å². The first-order valence-corrected chi connectivity index (χ1v) is 17.9. The normalized spacial score (nSPS) is 19.2. The highest BCUT2D eigenvalue weighted by atomic mass is 35.5. The molecule has 0 spiro atoms. The zero-order valence-electron chi connectivity index (χ0n) is 27.3. The second-order valence-electron chi connectivity index (χ2n) is 11.4. The Morgan fingerprint density at radius 2 is 1.89 bits per heavy atom. The Morgan fingerprint density at radius 1 is 1.11 bits per heavy atom. The molecule has 0 aliphatic carbocycles. The number of hydrogen-bond acceptors (Lipinski definition) is 8. The molecule has 0 unspecified atom stereocenters. The minimum Gasteiger partial charge on any atom is -0.493 e. The van der Waals surface area contributed by atoms with Gasteiger partial charge in [-0.15, -0.1) is 23.5 Å². The molecule has 0 fully saturated rings. The van der Waals surface area contributed by atoms with Gasteiger partial charge < -0.3 is 25.1 Å². The van der Waals surface area contributed by atoms with Crippen LogP contribution in [-0.2, 0) is 13.5 Å². The second kappa shape index (κ2) is 15.4. The van der Waals surface area contributed by atoms with Gasteiger partial charge in [-0.1, -0.05) is 41.9 Å². The molecule has 3 aromatic carbocycles. The Balaban J connectivity index is 1.57. The maximum atomic E-state index is 12.6. The van der Waals surface area contributed by atoms with Gasteiger partial charge in [0.05, 0.1) is 17.1 Å². The number of thioether (sulfide) groups is 2. The van der Waals surface area contributed by atoms with Gasteiger partial charge in [-0.25, -0.2) is 4.79 Å². The Bertz CT molecular complexity index is 1930. The summed E-state index contributed by atoms with van der Waals surface area (Å²) < 4.78 is 8.16. The number of rotatable bonds is 2. The van der Waals surface area contributed by atoms with E-state index in [1.807, 2.05) is 69.5 Å². The van der Waals surface area contributed by atoms with E-state index in [1.165, 1.54) is 0 Å². The highest BCUT2D eigenvalue weighted by Crippen LogP contribution is 2.38. The fourth-order valence-corrected chi connectivity index (χ4v) is 7.69. The van der Waals surface area contributed by atoms with E-state index >= 15 is 0 Å². The molecule has 5 rings (SSSR count). The van der Waals surface area contributed by atoms with Crippen LogP contribution in [0.1, 0.15) is 41.9 Å². The third kappa shape index (κ3) is 7.66. The van der Waals surface area contributed by atoms with Gasteiger partial charge >= 0.3 is 5.97 Å². The number of carboxylic acids is 1. The summed E-state index contributed by atoms with van der Waals surface area (Å²) in [7, 11) is 5.56. The number of hydrazone groups is 1. The lowest BCUT2D eigenvalue weighted by atomic mass is 9.99. The van der Waals surface area contributed by atoms with Gasteiger partial charge in [0, 0.05) is 83.0 Å². The maximum Gasteiger partial charge on any atom is 0.352 e. The number of allylic oxidation sites excluding steroid dienone is 3. The molecule has 8 nitrogen and oxygen atoms in total. The van der Waals surface area contributed by atoms with Crippen LogP contribution in [0.2, 0.25) is 5.02 Å². The molecule has 0 saturated carbocycles. The van der Waals surface area contributed by atoms with Gasteiger partial charge in [-0.2, -0.15) is 5.10 Å². The van der Waals surface area contributed by atoms with Crippen molar-refractivity contribution in [1.29, 1.82) is 5.41 Å². The summed E-state index contributed by atoms with van der Waals surface area (Å²) in [5.74, 6) is 1.72. The van der Waals surface area contributed by atoms with Gasteiger partial charge in [-0.05, 0) is 67.5 Å².